The third-order valence-electron chi connectivity index (χ3n) is 2.75. The molecule has 0 bridgehead atoms. The van der Waals surface area contributed by atoms with Crippen LogP contribution in [0.15, 0.2) is 29.2 Å². The van der Waals surface area contributed by atoms with Crippen LogP contribution >= 0.6 is 0 Å². The molecule has 26 heavy (non-hydrogen) atoms. The lowest BCUT2D eigenvalue weighted by Crippen LogP contribution is -2.36. The van der Waals surface area contributed by atoms with Crippen molar-refractivity contribution >= 4 is 33.6 Å². The van der Waals surface area contributed by atoms with Gasteiger partial charge in [0.2, 0.25) is 11.8 Å². The van der Waals surface area contributed by atoms with Crippen LogP contribution in [-0.2, 0) is 24.3 Å². The van der Waals surface area contributed by atoms with Gasteiger partial charge in [0.25, 0.3) is 10.0 Å². The SMILES string of the molecule is CC(=O)Nc1ccc(S(=O)(=O)NC(=O)CCNC(=O)OC(C)(C)C)cc1. The summed E-state index contributed by atoms with van der Waals surface area (Å²) in [5, 5.41) is 4.87. The van der Waals surface area contributed by atoms with Gasteiger partial charge in [-0.15, -0.1) is 0 Å². The van der Waals surface area contributed by atoms with Crippen LogP contribution in [0.1, 0.15) is 34.1 Å². The monoisotopic (exact) mass is 385 g/mol. The Bertz CT molecular complexity index is 766. The van der Waals surface area contributed by atoms with E-state index in [1.54, 1.807) is 20.8 Å². The van der Waals surface area contributed by atoms with Gasteiger partial charge in [-0.25, -0.2) is 17.9 Å². The van der Waals surface area contributed by atoms with E-state index in [1.807, 2.05) is 4.72 Å². The molecule has 1 aromatic rings. The van der Waals surface area contributed by atoms with Crippen molar-refractivity contribution in [3.63, 3.8) is 0 Å². The average molecular weight is 385 g/mol. The van der Waals surface area contributed by atoms with E-state index in [1.165, 1.54) is 31.2 Å². The van der Waals surface area contributed by atoms with Crippen molar-refractivity contribution in [3.8, 4) is 0 Å². The smallest absolute Gasteiger partial charge is 0.407 e. The van der Waals surface area contributed by atoms with Crippen LogP contribution in [0.3, 0.4) is 0 Å². The molecule has 0 fully saturated rings. The van der Waals surface area contributed by atoms with Gasteiger partial charge in [-0.05, 0) is 45.0 Å². The Morgan fingerprint density at radius 3 is 2.15 bits per heavy atom. The minimum atomic E-state index is -4.04. The number of hydrogen-bond donors (Lipinski definition) is 3. The molecule has 0 spiro atoms. The predicted octanol–water partition coefficient (Wildman–Crippen LogP) is 1.36. The van der Waals surface area contributed by atoms with Gasteiger partial charge in [-0.2, -0.15) is 0 Å². The lowest BCUT2D eigenvalue weighted by atomic mass is 10.2. The zero-order chi connectivity index (χ0) is 20.0. The zero-order valence-corrected chi connectivity index (χ0v) is 15.9. The van der Waals surface area contributed by atoms with Crippen molar-refractivity contribution in [2.24, 2.45) is 0 Å². The minimum absolute atomic E-state index is 0.0717. The maximum atomic E-state index is 12.1. The lowest BCUT2D eigenvalue weighted by molar-refractivity contribution is -0.119. The van der Waals surface area contributed by atoms with E-state index in [2.05, 4.69) is 10.6 Å². The second-order valence-corrected chi connectivity index (χ2v) is 8.10. The molecule has 1 rings (SSSR count). The Hall–Kier alpha value is -2.62. The van der Waals surface area contributed by atoms with Crippen molar-refractivity contribution < 1.29 is 27.5 Å². The molecule has 1 aromatic carbocycles. The highest BCUT2D eigenvalue weighted by molar-refractivity contribution is 7.90. The highest BCUT2D eigenvalue weighted by Crippen LogP contribution is 2.14. The molecule has 0 atom stereocenters. The zero-order valence-electron chi connectivity index (χ0n) is 15.1. The van der Waals surface area contributed by atoms with Gasteiger partial charge < -0.3 is 15.4 Å². The predicted molar refractivity (Wildman–Crippen MR) is 94.9 cm³/mol. The van der Waals surface area contributed by atoms with E-state index in [0.717, 1.165) is 0 Å². The summed E-state index contributed by atoms with van der Waals surface area (Å²) in [4.78, 5) is 34.0. The molecule has 10 heteroatoms. The number of alkyl carbamates (subject to hydrolysis) is 1. The topological polar surface area (TPSA) is 131 Å². The van der Waals surface area contributed by atoms with Gasteiger partial charge in [0.15, 0.2) is 0 Å². The Morgan fingerprint density at radius 2 is 1.65 bits per heavy atom. The highest BCUT2D eigenvalue weighted by Gasteiger charge is 2.19. The number of anilines is 1. The second kappa shape index (κ2) is 8.65. The fourth-order valence-electron chi connectivity index (χ4n) is 1.77. The van der Waals surface area contributed by atoms with Crippen molar-refractivity contribution in [2.75, 3.05) is 11.9 Å². The van der Waals surface area contributed by atoms with Gasteiger partial charge >= 0.3 is 6.09 Å². The molecule has 0 saturated heterocycles. The number of rotatable bonds is 6. The van der Waals surface area contributed by atoms with Gasteiger partial charge in [-0.1, -0.05) is 0 Å². The number of hydrogen-bond acceptors (Lipinski definition) is 6. The molecule has 0 saturated carbocycles. The van der Waals surface area contributed by atoms with Crippen molar-refractivity contribution in [1.29, 1.82) is 0 Å². The van der Waals surface area contributed by atoms with E-state index in [-0.39, 0.29) is 23.8 Å². The molecular weight excluding hydrogens is 362 g/mol. The maximum Gasteiger partial charge on any atom is 0.407 e. The van der Waals surface area contributed by atoms with Gasteiger partial charge in [0, 0.05) is 25.6 Å². The first-order chi connectivity index (χ1) is 11.9. The third kappa shape index (κ3) is 7.97. The van der Waals surface area contributed by atoms with Crippen molar-refractivity contribution in [2.45, 2.75) is 44.6 Å². The largest absolute Gasteiger partial charge is 0.444 e. The summed E-state index contributed by atoms with van der Waals surface area (Å²) in [6.45, 7) is 6.35. The van der Waals surface area contributed by atoms with Crippen LogP contribution < -0.4 is 15.4 Å². The van der Waals surface area contributed by atoms with E-state index >= 15 is 0 Å². The normalized spacial score (nSPS) is 11.4. The summed E-state index contributed by atoms with van der Waals surface area (Å²) >= 11 is 0. The Balaban J connectivity index is 2.54. The van der Waals surface area contributed by atoms with Gasteiger partial charge in [0.1, 0.15) is 5.60 Å². The maximum absolute atomic E-state index is 12.1. The quantitative estimate of drug-likeness (QED) is 0.678. The minimum Gasteiger partial charge on any atom is -0.444 e. The summed E-state index contributed by atoms with van der Waals surface area (Å²) in [5.41, 5.74) is -0.233. The Labute approximate surface area is 152 Å². The number of carbonyl (C=O) groups excluding carboxylic acids is 3. The Morgan fingerprint density at radius 1 is 1.08 bits per heavy atom. The summed E-state index contributed by atoms with van der Waals surface area (Å²) in [6.07, 6.45) is -0.927. The van der Waals surface area contributed by atoms with Crippen LogP contribution in [-0.4, -0.2) is 38.5 Å². The molecule has 0 aliphatic carbocycles. The highest BCUT2D eigenvalue weighted by atomic mass is 32.2. The first-order valence-electron chi connectivity index (χ1n) is 7.79. The van der Waals surface area contributed by atoms with Crippen LogP contribution in [0.5, 0.6) is 0 Å². The number of amides is 3. The molecule has 9 nitrogen and oxygen atoms in total. The van der Waals surface area contributed by atoms with E-state index in [9.17, 15) is 22.8 Å². The summed E-state index contributed by atoms with van der Waals surface area (Å²) in [6, 6.07) is 5.34. The summed E-state index contributed by atoms with van der Waals surface area (Å²) < 4.78 is 31.2. The van der Waals surface area contributed by atoms with Crippen molar-refractivity contribution in [1.82, 2.24) is 10.0 Å². The number of nitrogens with one attached hydrogen (secondary N) is 3. The second-order valence-electron chi connectivity index (χ2n) is 6.41. The molecule has 0 aliphatic rings. The summed E-state index contributed by atoms with van der Waals surface area (Å²) in [7, 11) is -4.04. The molecule has 0 aliphatic heterocycles. The Kier molecular flexibility index (Phi) is 7.13. The lowest BCUT2D eigenvalue weighted by Gasteiger charge is -2.19. The van der Waals surface area contributed by atoms with Crippen molar-refractivity contribution in [3.05, 3.63) is 24.3 Å². The van der Waals surface area contributed by atoms with Crippen LogP contribution in [0.25, 0.3) is 0 Å². The first kappa shape index (κ1) is 21.4. The average Bonchev–Trinajstić information content (AvgIpc) is 2.44. The molecule has 3 amide bonds. The fourth-order valence-corrected chi connectivity index (χ4v) is 2.79. The molecule has 0 aromatic heterocycles. The fraction of sp³-hybridized carbons (Fsp3) is 0.438. The molecule has 144 valence electrons. The van der Waals surface area contributed by atoms with Crippen LogP contribution in [0.4, 0.5) is 10.5 Å². The molecular formula is C16H23N3O6S. The third-order valence-corrected chi connectivity index (χ3v) is 4.14. The van der Waals surface area contributed by atoms with Crippen LogP contribution in [0, 0.1) is 0 Å². The number of ether oxygens (including phenoxy) is 1. The number of benzene rings is 1. The van der Waals surface area contributed by atoms with E-state index < -0.39 is 27.6 Å². The first-order valence-corrected chi connectivity index (χ1v) is 9.27. The molecule has 3 N–H and O–H groups in total. The standard InChI is InChI=1S/C16H23N3O6S/c1-11(20)18-12-5-7-13(8-6-12)26(23,24)19-14(21)9-10-17-15(22)25-16(2,3)4/h5-8H,9-10H2,1-4H3,(H,17,22)(H,18,20)(H,19,21). The molecule has 0 unspecified atom stereocenters. The van der Waals surface area contributed by atoms with E-state index in [0.29, 0.717) is 5.69 Å². The van der Waals surface area contributed by atoms with Crippen LogP contribution in [0.2, 0.25) is 0 Å². The molecule has 0 heterocycles. The number of sulfonamides is 1. The van der Waals surface area contributed by atoms with E-state index in [4.69, 9.17) is 4.74 Å². The van der Waals surface area contributed by atoms with Gasteiger partial charge in [0.05, 0.1) is 4.90 Å². The molecule has 0 radical (unpaired) electrons. The summed E-state index contributed by atoms with van der Waals surface area (Å²) in [5.74, 6) is -1.06. The number of carbonyl (C=O) groups is 3. The van der Waals surface area contributed by atoms with Gasteiger partial charge in [-0.3, -0.25) is 9.59 Å².